The summed E-state index contributed by atoms with van der Waals surface area (Å²) in [6, 6.07) is -0.834. The molecule has 0 aliphatic carbocycles. The van der Waals surface area contributed by atoms with Crippen LogP contribution in [0.25, 0.3) is 0 Å². The maximum atomic E-state index is 13.1. The molecule has 6 N–H and O–H groups in total. The van der Waals surface area contributed by atoms with Gasteiger partial charge in [-0.1, -0.05) is 293 Å². The van der Waals surface area contributed by atoms with Crippen LogP contribution >= 0.6 is 0 Å². The minimum Gasteiger partial charge on any atom is -0.466 e. The quantitative estimate of drug-likeness (QED) is 0.0195. The molecule has 0 bridgehead atoms. The van der Waals surface area contributed by atoms with E-state index in [1.165, 1.54) is 231 Å². The molecule has 0 aromatic rings. The van der Waals surface area contributed by atoms with Crippen LogP contribution in [0.15, 0.2) is 60.8 Å². The number of hydrogen-bond donors (Lipinski definition) is 6. The molecule has 7 atom stereocenters. The number of unbranched alkanes of at least 4 members (excludes halogenated alkanes) is 41. The number of ether oxygens (including phenoxy) is 3. The highest BCUT2D eigenvalue weighted by molar-refractivity contribution is 5.76. The van der Waals surface area contributed by atoms with Crippen molar-refractivity contribution in [1.82, 2.24) is 5.32 Å². The SMILES string of the molecule is CCCCC/C=C/CC/C=C/CC/C=C/C(O)C(COC1OC(CO)C(O)C(O)C1O)NC(=O)CCCCCCCCCCCCCCCCCCC/C=C\C/C=C\CCCCCCCCCCCOC(=O)CCCCCCCCCCCCC. The molecule has 0 aromatic heterocycles. The maximum Gasteiger partial charge on any atom is 0.305 e. The number of allylic oxidation sites excluding steroid dienone is 9. The van der Waals surface area contributed by atoms with Crippen molar-refractivity contribution in [1.29, 1.82) is 0 Å². The van der Waals surface area contributed by atoms with Gasteiger partial charge in [-0.2, -0.15) is 0 Å². The molecule has 11 nitrogen and oxygen atoms in total. The molecular weight excluding hydrogens is 1060 g/mol. The van der Waals surface area contributed by atoms with Gasteiger partial charge in [0.05, 0.1) is 32.0 Å². The summed E-state index contributed by atoms with van der Waals surface area (Å²) < 4.78 is 16.7. The van der Waals surface area contributed by atoms with Gasteiger partial charge in [0.15, 0.2) is 6.29 Å². The largest absolute Gasteiger partial charge is 0.466 e. The predicted molar refractivity (Wildman–Crippen MR) is 357 cm³/mol. The van der Waals surface area contributed by atoms with Gasteiger partial charge in [0.2, 0.25) is 5.91 Å². The highest BCUT2D eigenvalue weighted by atomic mass is 16.7. The summed E-state index contributed by atoms with van der Waals surface area (Å²) in [4.78, 5) is 25.1. The van der Waals surface area contributed by atoms with E-state index in [2.05, 4.69) is 67.8 Å². The summed E-state index contributed by atoms with van der Waals surface area (Å²) in [5.41, 5.74) is 0. The normalized spacial score (nSPS) is 18.3. The van der Waals surface area contributed by atoms with Crippen LogP contribution in [-0.4, -0.2) is 100 Å². The molecule has 85 heavy (non-hydrogen) atoms. The molecule has 1 aliphatic heterocycles. The fourth-order valence-electron chi connectivity index (χ4n) is 11.1. The summed E-state index contributed by atoms with van der Waals surface area (Å²) in [5.74, 6) is -0.188. The first-order valence-corrected chi connectivity index (χ1v) is 36.1. The minimum absolute atomic E-state index is 0.00609. The van der Waals surface area contributed by atoms with Crippen LogP contribution in [0.3, 0.4) is 0 Å². The molecule has 1 fully saturated rings. The first kappa shape index (κ1) is 80.4. The second kappa shape index (κ2) is 62.9. The Labute approximate surface area is 522 Å². The second-order valence-electron chi connectivity index (χ2n) is 24.9. The molecule has 1 rings (SSSR count). The fourth-order valence-corrected chi connectivity index (χ4v) is 11.1. The first-order chi connectivity index (χ1) is 41.7. The summed E-state index contributed by atoms with van der Waals surface area (Å²) in [6.45, 7) is 4.31. The summed E-state index contributed by atoms with van der Waals surface area (Å²) in [5, 5.41) is 54.4. The Morgan fingerprint density at radius 3 is 1.26 bits per heavy atom. The number of amides is 1. The number of carbonyl (C=O) groups excluding carboxylic acids is 2. The number of nitrogens with one attached hydrogen (secondary N) is 1. The molecule has 7 unspecified atom stereocenters. The number of rotatable bonds is 63. The van der Waals surface area contributed by atoms with E-state index in [1.54, 1.807) is 6.08 Å². The van der Waals surface area contributed by atoms with Gasteiger partial charge in [-0.15, -0.1) is 0 Å². The van der Waals surface area contributed by atoms with E-state index < -0.39 is 49.5 Å². The Morgan fingerprint density at radius 1 is 0.435 bits per heavy atom. The zero-order valence-electron chi connectivity index (χ0n) is 55.1. The zero-order valence-corrected chi connectivity index (χ0v) is 55.1. The highest BCUT2D eigenvalue weighted by Crippen LogP contribution is 2.23. The Hall–Kier alpha value is -2.64. The number of aliphatic hydroxyl groups is 5. The summed E-state index contributed by atoms with van der Waals surface area (Å²) in [6.07, 6.45) is 73.6. The van der Waals surface area contributed by atoms with Crippen molar-refractivity contribution in [3.05, 3.63) is 60.8 Å². The average Bonchev–Trinajstić information content (AvgIpc) is 3.41. The Balaban J connectivity index is 1.98. The van der Waals surface area contributed by atoms with E-state index in [-0.39, 0.29) is 18.5 Å². The van der Waals surface area contributed by atoms with Gasteiger partial charge in [-0.05, 0) is 89.9 Å². The lowest BCUT2D eigenvalue weighted by Crippen LogP contribution is -2.60. The van der Waals surface area contributed by atoms with Gasteiger partial charge in [0.25, 0.3) is 0 Å². The third-order valence-electron chi connectivity index (χ3n) is 16.8. The van der Waals surface area contributed by atoms with Crippen LogP contribution in [-0.2, 0) is 23.8 Å². The number of aliphatic hydroxyl groups excluding tert-OH is 5. The van der Waals surface area contributed by atoms with Gasteiger partial charge in [-0.25, -0.2) is 0 Å². The third-order valence-corrected chi connectivity index (χ3v) is 16.8. The molecular formula is C74H135NO10. The van der Waals surface area contributed by atoms with E-state index in [4.69, 9.17) is 14.2 Å². The van der Waals surface area contributed by atoms with E-state index in [0.717, 1.165) is 77.0 Å². The Morgan fingerprint density at radius 2 is 0.800 bits per heavy atom. The van der Waals surface area contributed by atoms with Gasteiger partial charge in [0, 0.05) is 12.8 Å². The molecule has 0 spiro atoms. The van der Waals surface area contributed by atoms with Crippen LogP contribution in [0.1, 0.15) is 335 Å². The molecule has 0 saturated carbocycles. The highest BCUT2D eigenvalue weighted by Gasteiger charge is 2.44. The van der Waals surface area contributed by atoms with Gasteiger partial charge in [0.1, 0.15) is 24.4 Å². The van der Waals surface area contributed by atoms with Crippen molar-refractivity contribution in [2.75, 3.05) is 19.8 Å². The van der Waals surface area contributed by atoms with Crippen LogP contribution in [0, 0.1) is 0 Å². The van der Waals surface area contributed by atoms with Gasteiger partial charge >= 0.3 is 5.97 Å². The van der Waals surface area contributed by atoms with E-state index in [1.807, 2.05) is 6.08 Å². The monoisotopic (exact) mass is 1200 g/mol. The minimum atomic E-state index is -1.58. The molecule has 1 saturated heterocycles. The standard InChI is InChI=1S/C74H135NO10/c1-3-5-7-9-11-13-15-37-41-44-48-52-56-60-67(77)66(65-84-74-73(82)72(81)71(80)68(64-76)85-74)75-69(78)61-57-53-49-45-42-38-35-33-31-29-27-25-23-21-19-17-16-18-20-22-24-26-28-30-32-34-36-39-43-47-51-55-59-63-83-70(79)62-58-54-50-46-40-14-12-10-8-6-4-2/h11,13,20,22,26,28,41,44,56,60,66-68,71-74,76-77,80-82H,3-10,12,14-19,21,23-25,27,29-40,42-43,45-55,57-59,61-65H2,1-2H3,(H,75,78)/b13-11+,22-20-,28-26-,44-41+,60-56+. The van der Waals surface area contributed by atoms with Crippen molar-refractivity contribution in [2.45, 2.75) is 378 Å². The molecule has 0 aromatic carbocycles. The third kappa shape index (κ3) is 51.9. The van der Waals surface area contributed by atoms with Crippen LogP contribution in [0.4, 0.5) is 0 Å². The average molecular weight is 1200 g/mol. The van der Waals surface area contributed by atoms with Gasteiger partial charge in [-0.3, -0.25) is 9.59 Å². The van der Waals surface area contributed by atoms with Crippen LogP contribution in [0.2, 0.25) is 0 Å². The second-order valence-corrected chi connectivity index (χ2v) is 24.9. The lowest BCUT2D eigenvalue weighted by molar-refractivity contribution is -0.302. The molecule has 1 aliphatic rings. The zero-order chi connectivity index (χ0) is 61.6. The Bertz CT molecular complexity index is 1600. The molecule has 1 heterocycles. The first-order valence-electron chi connectivity index (χ1n) is 36.1. The number of esters is 1. The van der Waals surface area contributed by atoms with Crippen molar-refractivity contribution >= 4 is 11.9 Å². The van der Waals surface area contributed by atoms with E-state index >= 15 is 0 Å². The topological polar surface area (TPSA) is 175 Å². The lowest BCUT2D eigenvalue weighted by atomic mass is 9.99. The van der Waals surface area contributed by atoms with E-state index in [9.17, 15) is 35.1 Å². The lowest BCUT2D eigenvalue weighted by Gasteiger charge is -2.40. The van der Waals surface area contributed by atoms with Crippen molar-refractivity contribution in [3.8, 4) is 0 Å². The van der Waals surface area contributed by atoms with Crippen molar-refractivity contribution < 1.29 is 49.3 Å². The van der Waals surface area contributed by atoms with Crippen molar-refractivity contribution in [2.24, 2.45) is 0 Å². The molecule has 1 amide bonds. The molecule has 11 heteroatoms. The number of carbonyl (C=O) groups is 2. The van der Waals surface area contributed by atoms with Gasteiger partial charge < -0.3 is 45.1 Å². The van der Waals surface area contributed by atoms with E-state index in [0.29, 0.717) is 19.4 Å². The summed E-state index contributed by atoms with van der Waals surface area (Å²) in [7, 11) is 0. The van der Waals surface area contributed by atoms with Crippen LogP contribution in [0.5, 0.6) is 0 Å². The van der Waals surface area contributed by atoms with Crippen LogP contribution < -0.4 is 5.32 Å². The summed E-state index contributed by atoms with van der Waals surface area (Å²) >= 11 is 0. The maximum absolute atomic E-state index is 13.1. The molecule has 0 radical (unpaired) electrons. The fraction of sp³-hybridized carbons (Fsp3) is 0.838. The molecule has 496 valence electrons. The number of hydrogen-bond acceptors (Lipinski definition) is 10. The van der Waals surface area contributed by atoms with Crippen molar-refractivity contribution in [3.63, 3.8) is 0 Å². The Kier molecular flexibility index (Phi) is 59.5. The predicted octanol–water partition coefficient (Wildman–Crippen LogP) is 18.5. The smallest absolute Gasteiger partial charge is 0.305 e.